The van der Waals surface area contributed by atoms with Crippen LogP contribution in [-0.4, -0.2) is 25.8 Å². The zero-order valence-electron chi connectivity index (χ0n) is 37.7. The number of unbranched alkanes of at least 4 members (excludes halogenated alkanes) is 15. The maximum atomic E-state index is 7.04. The van der Waals surface area contributed by atoms with Gasteiger partial charge in [-0.25, -0.2) is 0 Å². The lowest BCUT2D eigenvalue weighted by Gasteiger charge is -2.40. The van der Waals surface area contributed by atoms with Crippen molar-refractivity contribution in [3.63, 3.8) is 0 Å². The molecule has 0 aliphatic heterocycles. The Bertz CT molecular complexity index is 1680. The lowest BCUT2D eigenvalue weighted by Crippen LogP contribution is -2.53. The third-order valence-electron chi connectivity index (χ3n) is 12.8. The van der Waals surface area contributed by atoms with Gasteiger partial charge in [0.05, 0.1) is 17.2 Å². The minimum atomic E-state index is -0.588. The fourth-order valence-electron chi connectivity index (χ4n) is 9.37. The molecule has 0 radical (unpaired) electrons. The number of hydrogen-bond donors (Lipinski definition) is 2. The van der Waals surface area contributed by atoms with Gasteiger partial charge in [0.2, 0.25) is 0 Å². The molecule has 326 valence electrons. The van der Waals surface area contributed by atoms with Gasteiger partial charge in [-0.1, -0.05) is 285 Å². The Labute approximate surface area is 375 Å². The number of rotatable bonds is 30. The average molecular weight is 827 g/mol. The molecule has 0 bridgehead atoms. The third kappa shape index (κ3) is 13.4. The van der Waals surface area contributed by atoms with Crippen LogP contribution >= 0.6 is 0 Å². The lowest BCUT2D eigenvalue weighted by molar-refractivity contribution is 0.0440. The molecule has 0 saturated heterocycles. The number of nitrogens with one attached hydrogen (secondary N) is 2. The van der Waals surface area contributed by atoms with Crippen LogP contribution in [0.2, 0.25) is 0 Å². The highest BCUT2D eigenvalue weighted by atomic mass is 16.5. The summed E-state index contributed by atoms with van der Waals surface area (Å²) in [4.78, 5) is 0. The number of benzene rings is 6. The Kier molecular flexibility index (Phi) is 20.1. The molecule has 0 unspecified atom stereocenters. The second kappa shape index (κ2) is 26.6. The van der Waals surface area contributed by atoms with Crippen molar-refractivity contribution in [2.24, 2.45) is 0 Å². The van der Waals surface area contributed by atoms with E-state index in [0.29, 0.717) is 13.1 Å². The van der Waals surface area contributed by atoms with Crippen molar-refractivity contribution >= 4 is 0 Å². The van der Waals surface area contributed by atoms with Crippen LogP contribution in [-0.2, 0) is 15.8 Å². The Morgan fingerprint density at radius 1 is 0.323 bits per heavy atom. The normalized spacial score (nSPS) is 11.9. The Hall–Kier alpha value is -4.80. The van der Waals surface area contributed by atoms with E-state index in [4.69, 9.17) is 4.74 Å². The highest BCUT2D eigenvalue weighted by Crippen LogP contribution is 2.38. The molecule has 0 aliphatic carbocycles. The van der Waals surface area contributed by atoms with Gasteiger partial charge in [-0.2, -0.15) is 0 Å². The van der Waals surface area contributed by atoms with E-state index in [2.05, 4.69) is 200 Å². The second-order valence-corrected chi connectivity index (χ2v) is 17.3. The maximum absolute atomic E-state index is 7.04. The largest absolute Gasteiger partial charge is 0.376 e. The molecule has 6 aromatic carbocycles. The molecule has 0 aromatic heterocycles. The summed E-state index contributed by atoms with van der Waals surface area (Å²) in [7, 11) is 0. The van der Waals surface area contributed by atoms with Gasteiger partial charge in [0.15, 0.2) is 0 Å². The van der Waals surface area contributed by atoms with Crippen LogP contribution in [0, 0.1) is 0 Å². The summed E-state index contributed by atoms with van der Waals surface area (Å²) in [6, 6.07) is 65.5. The fourth-order valence-corrected chi connectivity index (χ4v) is 9.37. The monoisotopic (exact) mass is 827 g/mol. The summed E-state index contributed by atoms with van der Waals surface area (Å²) in [5, 5.41) is 8.36. The molecular formula is C59H74N2O. The SMILES string of the molecule is CCCCCCCCCCCCCCCCCCOC(CNC(c1ccccc1)(c1ccccc1)c1ccccc1)CNC(c1ccccc1)(c1ccccc1)c1ccccc1. The van der Waals surface area contributed by atoms with E-state index in [1.54, 1.807) is 0 Å². The van der Waals surface area contributed by atoms with Crippen molar-refractivity contribution in [2.75, 3.05) is 19.7 Å². The van der Waals surface area contributed by atoms with Crippen LogP contribution in [0.3, 0.4) is 0 Å². The zero-order valence-corrected chi connectivity index (χ0v) is 37.7. The Morgan fingerprint density at radius 2 is 0.548 bits per heavy atom. The minimum Gasteiger partial charge on any atom is -0.376 e. The lowest BCUT2D eigenvalue weighted by atomic mass is 9.76. The van der Waals surface area contributed by atoms with Crippen molar-refractivity contribution in [2.45, 2.75) is 127 Å². The van der Waals surface area contributed by atoms with Gasteiger partial charge in [0, 0.05) is 19.7 Å². The van der Waals surface area contributed by atoms with E-state index < -0.39 is 11.1 Å². The van der Waals surface area contributed by atoms with Crippen molar-refractivity contribution in [3.8, 4) is 0 Å². The van der Waals surface area contributed by atoms with E-state index in [1.165, 1.54) is 130 Å². The van der Waals surface area contributed by atoms with Gasteiger partial charge in [-0.3, -0.25) is 10.6 Å². The zero-order chi connectivity index (χ0) is 42.8. The summed E-state index contributed by atoms with van der Waals surface area (Å²) < 4.78 is 7.04. The molecule has 0 saturated carbocycles. The van der Waals surface area contributed by atoms with E-state index in [0.717, 1.165) is 13.0 Å². The first-order valence-electron chi connectivity index (χ1n) is 24.2. The average Bonchev–Trinajstić information content (AvgIpc) is 3.34. The molecule has 0 atom stereocenters. The molecule has 6 aromatic rings. The Morgan fingerprint density at radius 3 is 0.790 bits per heavy atom. The van der Waals surface area contributed by atoms with Crippen LogP contribution in [0.1, 0.15) is 143 Å². The highest BCUT2D eigenvalue weighted by Gasteiger charge is 2.39. The molecule has 2 N–H and O–H groups in total. The fraction of sp³-hybridized carbons (Fsp3) is 0.390. The van der Waals surface area contributed by atoms with Crippen LogP contribution in [0.4, 0.5) is 0 Å². The predicted molar refractivity (Wildman–Crippen MR) is 264 cm³/mol. The standard InChI is InChI=1S/C59H74N2O/c1-2-3-4-5-6-7-8-9-10-11-12-13-14-15-16-35-48-62-57(49-60-58(51-36-23-17-24-37-51,52-38-25-18-26-39-52)53-40-27-19-28-41-53)50-61-59(54-42-29-20-30-43-54,55-44-31-21-32-45-55)56-46-33-22-34-47-56/h17-34,36-47,57,60-61H,2-16,35,48-50H2,1H3. The summed E-state index contributed by atoms with van der Waals surface area (Å²) in [5.74, 6) is 0. The first-order chi connectivity index (χ1) is 30.8. The van der Waals surface area contributed by atoms with Gasteiger partial charge < -0.3 is 4.74 Å². The molecule has 0 amide bonds. The molecule has 6 rings (SSSR count). The number of hydrogen-bond acceptors (Lipinski definition) is 3. The molecule has 0 heterocycles. The van der Waals surface area contributed by atoms with Crippen molar-refractivity contribution in [1.82, 2.24) is 10.6 Å². The van der Waals surface area contributed by atoms with E-state index in [-0.39, 0.29) is 6.10 Å². The van der Waals surface area contributed by atoms with E-state index in [1.807, 2.05) is 0 Å². The Balaban J connectivity index is 1.17. The smallest absolute Gasteiger partial charge is 0.0948 e. The molecule has 3 heteroatoms. The van der Waals surface area contributed by atoms with Gasteiger partial charge in [0.25, 0.3) is 0 Å². The summed E-state index contributed by atoms with van der Waals surface area (Å²) in [6.07, 6.45) is 21.6. The minimum absolute atomic E-state index is 0.127. The van der Waals surface area contributed by atoms with Crippen molar-refractivity contribution in [3.05, 3.63) is 215 Å². The number of ether oxygens (including phenoxy) is 1. The summed E-state index contributed by atoms with van der Waals surface area (Å²) >= 11 is 0. The van der Waals surface area contributed by atoms with Crippen LogP contribution in [0.5, 0.6) is 0 Å². The molecule has 3 nitrogen and oxygen atoms in total. The topological polar surface area (TPSA) is 33.3 Å². The highest BCUT2D eigenvalue weighted by molar-refractivity contribution is 5.51. The first-order valence-corrected chi connectivity index (χ1v) is 24.2. The quantitative estimate of drug-likeness (QED) is 0.0351. The summed E-state index contributed by atoms with van der Waals surface area (Å²) in [5.41, 5.74) is 6.04. The second-order valence-electron chi connectivity index (χ2n) is 17.3. The van der Waals surface area contributed by atoms with Crippen LogP contribution in [0.25, 0.3) is 0 Å². The molecule has 0 spiro atoms. The molecule has 0 aliphatic rings. The van der Waals surface area contributed by atoms with Gasteiger partial charge >= 0.3 is 0 Å². The summed E-state index contributed by atoms with van der Waals surface area (Å²) in [6.45, 7) is 4.31. The molecule has 0 fully saturated rings. The van der Waals surface area contributed by atoms with Gasteiger partial charge in [0.1, 0.15) is 0 Å². The first kappa shape index (κ1) is 46.7. The van der Waals surface area contributed by atoms with E-state index >= 15 is 0 Å². The molecular weight excluding hydrogens is 753 g/mol. The third-order valence-corrected chi connectivity index (χ3v) is 12.8. The van der Waals surface area contributed by atoms with Gasteiger partial charge in [-0.15, -0.1) is 0 Å². The predicted octanol–water partition coefficient (Wildman–Crippen LogP) is 14.8. The molecule has 62 heavy (non-hydrogen) atoms. The van der Waals surface area contributed by atoms with Crippen LogP contribution < -0.4 is 10.6 Å². The van der Waals surface area contributed by atoms with Crippen molar-refractivity contribution < 1.29 is 4.74 Å². The van der Waals surface area contributed by atoms with Gasteiger partial charge in [-0.05, 0) is 39.8 Å². The van der Waals surface area contributed by atoms with Crippen LogP contribution in [0.15, 0.2) is 182 Å². The maximum Gasteiger partial charge on any atom is 0.0948 e. The van der Waals surface area contributed by atoms with Crippen molar-refractivity contribution in [1.29, 1.82) is 0 Å². The van der Waals surface area contributed by atoms with E-state index in [9.17, 15) is 0 Å².